The average Bonchev–Trinajstić information content (AvgIpc) is 3.17. The quantitative estimate of drug-likeness (QED) is 0.128. The summed E-state index contributed by atoms with van der Waals surface area (Å²) in [5, 5.41) is 11.6. The van der Waals surface area contributed by atoms with Gasteiger partial charge >= 0.3 is 0 Å². The van der Waals surface area contributed by atoms with Crippen LogP contribution >= 0.6 is 15.9 Å². The third-order valence-corrected chi connectivity index (χ3v) is 9.25. The minimum atomic E-state index is -0.859. The number of ether oxygens (including phenoxy) is 5. The lowest BCUT2D eigenvalue weighted by Gasteiger charge is -2.33. The van der Waals surface area contributed by atoms with Crippen molar-refractivity contribution in [1.82, 2.24) is 0 Å². The summed E-state index contributed by atoms with van der Waals surface area (Å²) in [5.41, 5.74) is 5.68. The van der Waals surface area contributed by atoms with E-state index in [1.54, 1.807) is 0 Å². The number of benzene rings is 6. The molecular weight excluding hydrogens is 692 g/mol. The highest BCUT2D eigenvalue weighted by Gasteiger charge is 2.35. The number of hydrogen-bond acceptors (Lipinski definition) is 6. The molecule has 0 aromatic heterocycles. The molecule has 0 saturated carbocycles. The fourth-order valence-electron chi connectivity index (χ4n) is 5.86. The van der Waals surface area contributed by atoms with E-state index in [1.165, 1.54) is 0 Å². The van der Waals surface area contributed by atoms with Crippen LogP contribution in [0, 0.1) is 0 Å². The second kappa shape index (κ2) is 16.0. The van der Waals surface area contributed by atoms with Gasteiger partial charge in [-0.2, -0.15) is 0 Å². The van der Waals surface area contributed by atoms with Crippen LogP contribution < -0.4 is 23.7 Å². The Morgan fingerprint density at radius 1 is 0.520 bits per heavy atom. The average molecular weight is 730 g/mol. The van der Waals surface area contributed by atoms with Gasteiger partial charge in [0, 0.05) is 18.1 Å². The molecule has 50 heavy (non-hydrogen) atoms. The van der Waals surface area contributed by atoms with E-state index in [0.717, 1.165) is 33.4 Å². The summed E-state index contributed by atoms with van der Waals surface area (Å²) in [6, 6.07) is 47.5. The molecule has 0 aliphatic carbocycles. The Balaban J connectivity index is 1.19. The lowest BCUT2D eigenvalue weighted by Crippen LogP contribution is -2.31. The first-order valence-corrected chi connectivity index (χ1v) is 17.4. The van der Waals surface area contributed by atoms with Crippen LogP contribution in [0.2, 0.25) is 0 Å². The van der Waals surface area contributed by atoms with Crippen molar-refractivity contribution < 1.29 is 28.8 Å². The van der Waals surface area contributed by atoms with Gasteiger partial charge in [0.15, 0.2) is 17.6 Å². The molecule has 0 fully saturated rings. The molecule has 2 unspecified atom stereocenters. The molecule has 0 saturated heterocycles. The third-order valence-electron chi connectivity index (χ3n) is 8.50. The second-order valence-corrected chi connectivity index (χ2v) is 12.9. The third kappa shape index (κ3) is 8.13. The number of fused-ring (bicyclic) bond motifs is 1. The van der Waals surface area contributed by atoms with E-state index >= 15 is 0 Å². The summed E-state index contributed by atoms with van der Waals surface area (Å²) >= 11 is 3.78. The molecule has 0 radical (unpaired) electrons. The maximum Gasteiger partial charge on any atom is 0.162 e. The van der Waals surface area contributed by atoms with Gasteiger partial charge in [0.2, 0.25) is 0 Å². The molecule has 7 heteroatoms. The summed E-state index contributed by atoms with van der Waals surface area (Å²) in [7, 11) is 0. The van der Waals surface area contributed by atoms with Gasteiger partial charge in [-0.1, -0.05) is 127 Å². The molecular formula is C43H37BrO6. The predicted molar refractivity (Wildman–Crippen MR) is 197 cm³/mol. The number of aliphatic hydroxyl groups is 1. The van der Waals surface area contributed by atoms with Gasteiger partial charge in [-0.05, 0) is 55.9 Å². The van der Waals surface area contributed by atoms with Gasteiger partial charge < -0.3 is 28.8 Å². The van der Waals surface area contributed by atoms with E-state index in [9.17, 15) is 5.11 Å². The molecule has 0 spiro atoms. The van der Waals surface area contributed by atoms with Crippen molar-refractivity contribution in [2.24, 2.45) is 0 Å². The lowest BCUT2D eigenvalue weighted by molar-refractivity contribution is 0.0186. The molecule has 6 aromatic rings. The van der Waals surface area contributed by atoms with Gasteiger partial charge in [-0.3, -0.25) is 0 Å². The highest BCUT2D eigenvalue weighted by molar-refractivity contribution is 9.10. The minimum Gasteiger partial charge on any atom is -0.488 e. The molecule has 2 atom stereocenters. The Labute approximate surface area is 300 Å². The van der Waals surface area contributed by atoms with E-state index in [4.69, 9.17) is 23.7 Å². The largest absolute Gasteiger partial charge is 0.488 e. The zero-order chi connectivity index (χ0) is 34.1. The number of rotatable bonds is 13. The molecule has 0 amide bonds. The van der Waals surface area contributed by atoms with E-state index < -0.39 is 12.2 Å². The highest BCUT2D eigenvalue weighted by atomic mass is 79.9. The van der Waals surface area contributed by atoms with Crippen LogP contribution in [0.3, 0.4) is 0 Å². The Hall–Kier alpha value is -5.24. The Morgan fingerprint density at radius 2 is 0.960 bits per heavy atom. The van der Waals surface area contributed by atoms with Crippen LogP contribution in [-0.4, -0.2) is 11.2 Å². The normalized spacial score (nSPS) is 15.0. The smallest absolute Gasteiger partial charge is 0.162 e. The molecule has 7 rings (SSSR count). The molecule has 6 aromatic carbocycles. The van der Waals surface area contributed by atoms with Crippen LogP contribution in [0.25, 0.3) is 0 Å². The number of aliphatic hydroxyl groups excluding tert-OH is 1. The second-order valence-electron chi connectivity index (χ2n) is 12.1. The molecule has 1 heterocycles. The van der Waals surface area contributed by atoms with Crippen LogP contribution in [0.5, 0.6) is 28.7 Å². The zero-order valence-corrected chi connectivity index (χ0v) is 29.0. The summed E-state index contributed by atoms with van der Waals surface area (Å²) in [4.78, 5) is 0. The van der Waals surface area contributed by atoms with Gasteiger partial charge in [-0.25, -0.2) is 0 Å². The van der Waals surface area contributed by atoms with Crippen molar-refractivity contribution in [3.63, 3.8) is 0 Å². The first kappa shape index (κ1) is 33.3. The highest BCUT2D eigenvalue weighted by Crippen LogP contribution is 2.49. The molecule has 6 nitrogen and oxygen atoms in total. The Kier molecular flexibility index (Phi) is 10.6. The molecule has 252 valence electrons. The topological polar surface area (TPSA) is 66.4 Å². The first-order chi connectivity index (χ1) is 24.6. The van der Waals surface area contributed by atoms with Gasteiger partial charge in [-0.15, -0.1) is 0 Å². The van der Waals surface area contributed by atoms with E-state index in [1.807, 2.05) is 146 Å². The maximum atomic E-state index is 11.6. The molecule has 1 aliphatic rings. The van der Waals surface area contributed by atoms with Gasteiger partial charge in [0.25, 0.3) is 0 Å². The standard InChI is InChI=1S/C43H37BrO6/c44-41-40(49-29-33-19-11-4-12-20-33)25-38(47-27-31-15-7-2-8-16-31)35-24-36(45)42(50-43(35)41)34-21-22-37(46-26-30-13-5-1-6-14-30)39(23-34)48-28-32-17-9-3-10-18-32/h1-23,25,36,42,45H,24,26-29H2. The number of hydrogen-bond donors (Lipinski definition) is 1. The van der Waals surface area contributed by atoms with Crippen molar-refractivity contribution >= 4 is 15.9 Å². The number of halogens is 1. The summed E-state index contributed by atoms with van der Waals surface area (Å²) in [6.07, 6.45) is -1.23. The minimum absolute atomic E-state index is 0.314. The van der Waals surface area contributed by atoms with Crippen LogP contribution in [0.15, 0.2) is 150 Å². The Morgan fingerprint density at radius 3 is 1.46 bits per heavy atom. The summed E-state index contributed by atoms with van der Waals surface area (Å²) < 4.78 is 32.6. The SMILES string of the molecule is OC1Cc2c(OCc3ccccc3)cc(OCc3ccccc3)c(Br)c2OC1c1ccc(OCc2ccccc2)c(OCc2ccccc2)c1. The van der Waals surface area contributed by atoms with E-state index in [0.29, 0.717) is 66.1 Å². The maximum absolute atomic E-state index is 11.6. The fourth-order valence-corrected chi connectivity index (χ4v) is 6.42. The van der Waals surface area contributed by atoms with Crippen molar-refractivity contribution in [2.75, 3.05) is 0 Å². The molecule has 0 bridgehead atoms. The van der Waals surface area contributed by atoms with Crippen LogP contribution in [0.1, 0.15) is 39.5 Å². The van der Waals surface area contributed by atoms with Crippen molar-refractivity contribution in [1.29, 1.82) is 0 Å². The Bertz CT molecular complexity index is 1990. The fraction of sp³-hybridized carbons (Fsp3) is 0.163. The van der Waals surface area contributed by atoms with Gasteiger partial charge in [0.05, 0.1) is 6.10 Å². The molecule has 1 N–H and O–H groups in total. The van der Waals surface area contributed by atoms with Gasteiger partial charge in [0.1, 0.15) is 48.1 Å². The van der Waals surface area contributed by atoms with Crippen molar-refractivity contribution in [3.05, 3.63) is 183 Å². The van der Waals surface area contributed by atoms with E-state index in [2.05, 4.69) is 15.9 Å². The first-order valence-electron chi connectivity index (χ1n) is 16.6. The summed E-state index contributed by atoms with van der Waals surface area (Å²) in [6.45, 7) is 1.48. The monoisotopic (exact) mass is 728 g/mol. The molecule has 1 aliphatic heterocycles. The van der Waals surface area contributed by atoms with Crippen LogP contribution in [0.4, 0.5) is 0 Å². The zero-order valence-electron chi connectivity index (χ0n) is 27.4. The van der Waals surface area contributed by atoms with Crippen molar-refractivity contribution in [3.8, 4) is 28.7 Å². The predicted octanol–water partition coefficient (Wildman–Crippen LogP) is 9.80. The summed E-state index contributed by atoms with van der Waals surface area (Å²) in [5.74, 6) is 2.93. The van der Waals surface area contributed by atoms with Crippen LogP contribution in [-0.2, 0) is 32.8 Å². The van der Waals surface area contributed by atoms with Crippen molar-refractivity contribution in [2.45, 2.75) is 45.1 Å². The lowest BCUT2D eigenvalue weighted by atomic mass is 9.93. The van der Waals surface area contributed by atoms with E-state index in [-0.39, 0.29) is 0 Å².